The Kier molecular flexibility index (Phi) is 19.0. The molecule has 0 saturated carbocycles. The van der Waals surface area contributed by atoms with Gasteiger partial charge in [0, 0.05) is 32.7 Å². The van der Waals surface area contributed by atoms with E-state index < -0.39 is 120 Å². The number of aliphatic hydroxyl groups is 1. The summed E-state index contributed by atoms with van der Waals surface area (Å²) in [5.41, 5.74) is 1.65. The summed E-state index contributed by atoms with van der Waals surface area (Å²) in [7, 11) is 1.35. The molecule has 2 heterocycles. The first-order valence-electron chi connectivity index (χ1n) is 23.3. The number of nitrogens with one attached hydrogen (secondary N) is 5. The van der Waals surface area contributed by atoms with E-state index in [0.29, 0.717) is 23.1 Å². The fourth-order valence-corrected chi connectivity index (χ4v) is 8.38. The molecule has 20 heteroatoms. The number of carboxylic acid groups (broad SMARTS) is 1. The minimum absolute atomic E-state index is 0.0480. The number of phenolic OH excluding ortho intramolecular Hbond substituents is 1. The zero-order valence-electron chi connectivity index (χ0n) is 39.8. The summed E-state index contributed by atoms with van der Waals surface area (Å²) in [5, 5.41) is 44.1. The van der Waals surface area contributed by atoms with Gasteiger partial charge in [-0.1, -0.05) is 93.6 Å². The number of aliphatic carboxylic acids is 1. The standard InChI is InChI=1S/C50H63N7O13/c1-6-13-39(59)51-36(27-41(61)62)45(64)55-43-29(4)70-50(69)42(28(2)3)54-46(65)37(25-32-18-20-33(58)21-19-32)56(5)49(68)38(26-31-16-11-8-12-17-31)57-40(60)23-22-34(48(57)67)52-44(63)35(53-47(43)66)24-30-14-9-7-10-15-30/h7-12,14-21,28-29,34-38,40,42-43,58,60H,6,13,22-27H2,1-5H3,(H,51,59)(H,52,63)(H,53,66)(H,54,65)(H,55,64)(H,61,62). The van der Waals surface area contributed by atoms with E-state index in [1.54, 1.807) is 93.6 Å². The van der Waals surface area contributed by atoms with Crippen molar-refractivity contribution in [1.82, 2.24) is 36.4 Å². The Bertz CT molecular complexity index is 2350. The molecule has 376 valence electrons. The van der Waals surface area contributed by atoms with Crippen molar-refractivity contribution in [3.8, 4) is 5.75 Å². The van der Waals surface area contributed by atoms with Gasteiger partial charge in [0.25, 0.3) is 0 Å². The number of carboxylic acids is 1. The van der Waals surface area contributed by atoms with Gasteiger partial charge in [0.2, 0.25) is 41.4 Å². The highest BCUT2D eigenvalue weighted by atomic mass is 16.5. The number of aromatic hydroxyl groups is 1. The van der Waals surface area contributed by atoms with Crippen molar-refractivity contribution >= 4 is 53.3 Å². The number of ether oxygens (including phenoxy) is 1. The van der Waals surface area contributed by atoms with Crippen molar-refractivity contribution in [2.45, 2.75) is 134 Å². The molecule has 0 radical (unpaired) electrons. The first-order valence-corrected chi connectivity index (χ1v) is 23.3. The Hall–Kier alpha value is -7.35. The molecule has 2 saturated heterocycles. The van der Waals surface area contributed by atoms with Gasteiger partial charge in [-0.3, -0.25) is 38.4 Å². The van der Waals surface area contributed by atoms with Crippen LogP contribution in [0.4, 0.5) is 0 Å². The Balaban J connectivity index is 1.64. The zero-order chi connectivity index (χ0) is 51.2. The molecule has 3 aromatic carbocycles. The molecule has 0 aliphatic carbocycles. The second-order valence-corrected chi connectivity index (χ2v) is 18.0. The van der Waals surface area contributed by atoms with E-state index in [1.807, 2.05) is 0 Å². The van der Waals surface area contributed by atoms with Crippen LogP contribution in [-0.4, -0.2) is 140 Å². The number of hydrogen-bond donors (Lipinski definition) is 8. The summed E-state index contributed by atoms with van der Waals surface area (Å²) in [4.78, 5) is 128. The van der Waals surface area contributed by atoms with Gasteiger partial charge >= 0.3 is 11.9 Å². The predicted octanol–water partition coefficient (Wildman–Crippen LogP) is 0.857. The molecule has 0 spiro atoms. The van der Waals surface area contributed by atoms with Gasteiger partial charge < -0.3 is 56.4 Å². The molecular formula is C50H63N7O13. The molecule has 2 bridgehead atoms. The molecule has 70 heavy (non-hydrogen) atoms. The minimum atomic E-state index is -1.86. The van der Waals surface area contributed by atoms with Crippen LogP contribution in [0.15, 0.2) is 84.9 Å². The number of likely N-dealkylation sites (N-methyl/N-ethyl adjacent to an activating group) is 1. The highest BCUT2D eigenvalue weighted by molar-refractivity contribution is 5.99. The maximum Gasteiger partial charge on any atom is 0.329 e. The maximum absolute atomic E-state index is 15.1. The number of carbonyl (C=O) groups is 9. The summed E-state index contributed by atoms with van der Waals surface area (Å²) < 4.78 is 5.84. The highest BCUT2D eigenvalue weighted by Crippen LogP contribution is 2.26. The normalized spacial score (nSPS) is 24.4. The van der Waals surface area contributed by atoms with Gasteiger partial charge in [0.15, 0.2) is 0 Å². The van der Waals surface area contributed by atoms with Gasteiger partial charge in [-0.25, -0.2) is 4.79 Å². The number of piperidine rings is 1. The van der Waals surface area contributed by atoms with E-state index >= 15 is 4.79 Å². The number of rotatable bonds is 14. The summed E-state index contributed by atoms with van der Waals surface area (Å²) in [6.45, 7) is 6.15. The molecule has 5 rings (SSSR count). The lowest BCUT2D eigenvalue weighted by molar-refractivity contribution is -0.165. The van der Waals surface area contributed by atoms with Gasteiger partial charge in [-0.2, -0.15) is 0 Å². The molecule has 9 atom stereocenters. The number of phenols is 1. The number of benzene rings is 3. The summed E-state index contributed by atoms with van der Waals surface area (Å²) >= 11 is 0. The van der Waals surface area contributed by atoms with Crippen LogP contribution in [0.3, 0.4) is 0 Å². The quantitative estimate of drug-likeness (QED) is 0.104. The first kappa shape index (κ1) is 53.6. The molecular weight excluding hydrogens is 907 g/mol. The van der Waals surface area contributed by atoms with Crippen molar-refractivity contribution in [3.63, 3.8) is 0 Å². The van der Waals surface area contributed by atoms with Crippen LogP contribution in [0.25, 0.3) is 0 Å². The largest absolute Gasteiger partial charge is 0.508 e. The average molecular weight is 970 g/mol. The summed E-state index contributed by atoms with van der Waals surface area (Å²) in [5.74, 6) is -9.47. The van der Waals surface area contributed by atoms with E-state index in [-0.39, 0.29) is 44.3 Å². The molecule has 20 nitrogen and oxygen atoms in total. The number of amides is 7. The van der Waals surface area contributed by atoms with Gasteiger partial charge in [0.1, 0.15) is 60.4 Å². The van der Waals surface area contributed by atoms with Crippen LogP contribution >= 0.6 is 0 Å². The van der Waals surface area contributed by atoms with Crippen LogP contribution in [0.5, 0.6) is 5.75 Å². The molecule has 7 amide bonds. The fraction of sp³-hybridized carbons (Fsp3) is 0.460. The average Bonchev–Trinajstić information content (AvgIpc) is 3.31. The molecule has 8 N–H and O–H groups in total. The van der Waals surface area contributed by atoms with E-state index in [0.717, 1.165) is 9.80 Å². The SMILES string of the molecule is CCCC(=O)NC(CC(=O)O)C(=O)NC1C(=O)NC(Cc2ccccc2)C(=O)NC2CCC(O)N(C2=O)C(Cc2ccccc2)C(=O)N(C)C(Cc2ccc(O)cc2)C(=O)NC(C(C)C)C(=O)OC1C. The lowest BCUT2D eigenvalue weighted by Gasteiger charge is -2.43. The molecule has 9 unspecified atom stereocenters. The lowest BCUT2D eigenvalue weighted by atomic mass is 9.95. The van der Waals surface area contributed by atoms with E-state index in [4.69, 9.17) is 4.74 Å². The van der Waals surface area contributed by atoms with Crippen LogP contribution in [0, 0.1) is 5.92 Å². The molecule has 2 aliphatic heterocycles. The Morgan fingerprint density at radius 2 is 1.34 bits per heavy atom. The Labute approximate surface area is 405 Å². The fourth-order valence-electron chi connectivity index (χ4n) is 8.38. The topological polar surface area (TPSA) is 290 Å². The lowest BCUT2D eigenvalue weighted by Crippen LogP contribution is -2.65. The number of hydrogen-bond acceptors (Lipinski definition) is 12. The first-order chi connectivity index (χ1) is 33.3. The molecule has 3 aromatic rings. The number of esters is 1. The molecule has 0 aromatic heterocycles. The van der Waals surface area contributed by atoms with Crippen molar-refractivity contribution < 1.29 is 63.2 Å². The van der Waals surface area contributed by atoms with E-state index in [9.17, 15) is 53.7 Å². The highest BCUT2D eigenvalue weighted by Gasteiger charge is 2.46. The van der Waals surface area contributed by atoms with Gasteiger partial charge in [-0.15, -0.1) is 0 Å². The van der Waals surface area contributed by atoms with Crippen LogP contribution in [-0.2, 0) is 67.2 Å². The van der Waals surface area contributed by atoms with Gasteiger partial charge in [0.05, 0.1) is 6.42 Å². The molecule has 2 aliphatic rings. The molecule has 2 fully saturated rings. The predicted molar refractivity (Wildman–Crippen MR) is 252 cm³/mol. The smallest absolute Gasteiger partial charge is 0.329 e. The third-order valence-electron chi connectivity index (χ3n) is 12.3. The van der Waals surface area contributed by atoms with Crippen molar-refractivity contribution in [2.75, 3.05) is 7.05 Å². The number of fused-ring (bicyclic) bond motifs is 2. The zero-order valence-corrected chi connectivity index (χ0v) is 39.8. The second kappa shape index (κ2) is 24.8. The summed E-state index contributed by atoms with van der Waals surface area (Å²) in [6.07, 6.45) is -4.33. The number of aliphatic hydroxyl groups excluding tert-OH is 1. The van der Waals surface area contributed by atoms with E-state index in [2.05, 4.69) is 26.6 Å². The van der Waals surface area contributed by atoms with E-state index in [1.165, 1.54) is 26.1 Å². The monoisotopic (exact) mass is 969 g/mol. The van der Waals surface area contributed by atoms with Crippen molar-refractivity contribution in [1.29, 1.82) is 0 Å². The van der Waals surface area contributed by atoms with Crippen molar-refractivity contribution in [2.24, 2.45) is 5.92 Å². The number of cyclic esters (lactones) is 1. The Morgan fingerprint density at radius 1 is 0.757 bits per heavy atom. The number of carbonyl (C=O) groups excluding carboxylic acids is 8. The number of nitrogens with zero attached hydrogens (tertiary/aromatic N) is 2. The Morgan fingerprint density at radius 3 is 1.93 bits per heavy atom. The van der Waals surface area contributed by atoms with Crippen molar-refractivity contribution in [3.05, 3.63) is 102 Å². The third kappa shape index (κ3) is 14.3. The van der Waals surface area contributed by atoms with Crippen LogP contribution in [0.2, 0.25) is 0 Å². The minimum Gasteiger partial charge on any atom is -0.508 e. The second-order valence-electron chi connectivity index (χ2n) is 18.0. The summed E-state index contributed by atoms with van der Waals surface area (Å²) in [6, 6.07) is 12.3. The van der Waals surface area contributed by atoms with Crippen LogP contribution in [0.1, 0.15) is 76.5 Å². The van der Waals surface area contributed by atoms with Crippen LogP contribution < -0.4 is 26.6 Å². The third-order valence-corrected chi connectivity index (χ3v) is 12.3. The van der Waals surface area contributed by atoms with Gasteiger partial charge in [-0.05, 0) is 60.9 Å². The maximum atomic E-state index is 15.1.